The number of fused-ring (bicyclic) bond motifs is 1. The molecule has 2 heteroatoms. The first kappa shape index (κ1) is 13.6. The van der Waals surface area contributed by atoms with Crippen molar-refractivity contribution in [2.75, 3.05) is 0 Å². The van der Waals surface area contributed by atoms with Crippen LogP contribution in [0.3, 0.4) is 0 Å². The van der Waals surface area contributed by atoms with E-state index in [4.69, 9.17) is 5.84 Å². The summed E-state index contributed by atoms with van der Waals surface area (Å²) >= 11 is 0. The first-order valence-electron chi connectivity index (χ1n) is 7.38. The number of unbranched alkanes of at least 4 members (excludes halogenated alkanes) is 2. The highest BCUT2D eigenvalue weighted by Crippen LogP contribution is 2.28. The molecule has 0 amide bonds. The van der Waals surface area contributed by atoms with Gasteiger partial charge in [-0.15, -0.1) is 0 Å². The number of hydrogen-bond donors (Lipinski definition) is 2. The smallest absolute Gasteiger partial charge is 0.0242 e. The molecule has 0 saturated carbocycles. The van der Waals surface area contributed by atoms with Crippen LogP contribution in [-0.2, 0) is 12.8 Å². The molecule has 0 fully saturated rings. The third-order valence-corrected chi connectivity index (χ3v) is 4.29. The van der Waals surface area contributed by atoms with Crippen molar-refractivity contribution in [2.45, 2.75) is 57.9 Å². The third-order valence-electron chi connectivity index (χ3n) is 4.29. The van der Waals surface area contributed by atoms with Crippen LogP contribution in [0.1, 0.15) is 50.2 Å². The van der Waals surface area contributed by atoms with Gasteiger partial charge in [0.2, 0.25) is 0 Å². The molecule has 0 heterocycles. The van der Waals surface area contributed by atoms with E-state index in [1.54, 1.807) is 0 Å². The van der Waals surface area contributed by atoms with E-state index in [2.05, 4.69) is 36.6 Å². The maximum Gasteiger partial charge on any atom is 0.0242 e. The average molecular weight is 246 g/mol. The van der Waals surface area contributed by atoms with E-state index in [1.165, 1.54) is 56.1 Å². The van der Waals surface area contributed by atoms with Crippen LogP contribution >= 0.6 is 0 Å². The zero-order valence-electron chi connectivity index (χ0n) is 11.5. The highest BCUT2D eigenvalue weighted by atomic mass is 15.2. The highest BCUT2D eigenvalue weighted by molar-refractivity contribution is 5.29. The molecule has 0 aromatic heterocycles. The first-order valence-corrected chi connectivity index (χ1v) is 7.38. The lowest BCUT2D eigenvalue weighted by molar-refractivity contribution is 0.301. The van der Waals surface area contributed by atoms with Crippen molar-refractivity contribution < 1.29 is 0 Å². The fraction of sp³-hybridized carbons (Fsp3) is 0.625. The van der Waals surface area contributed by atoms with Crippen LogP contribution in [-0.4, -0.2) is 6.04 Å². The summed E-state index contributed by atoms with van der Waals surface area (Å²) in [4.78, 5) is 0. The van der Waals surface area contributed by atoms with E-state index in [0.29, 0.717) is 12.0 Å². The van der Waals surface area contributed by atoms with Crippen molar-refractivity contribution in [3.05, 3.63) is 35.4 Å². The fourth-order valence-corrected chi connectivity index (χ4v) is 3.14. The maximum absolute atomic E-state index is 5.76. The van der Waals surface area contributed by atoms with E-state index in [0.717, 1.165) is 0 Å². The van der Waals surface area contributed by atoms with E-state index in [-0.39, 0.29) is 0 Å². The SMILES string of the molecule is CCCCCC(NN)C1CCc2ccccc2C1. The average Bonchev–Trinajstić information content (AvgIpc) is 2.43. The molecule has 0 aliphatic heterocycles. The van der Waals surface area contributed by atoms with Gasteiger partial charge in [-0.25, -0.2) is 0 Å². The Morgan fingerprint density at radius 3 is 2.78 bits per heavy atom. The minimum absolute atomic E-state index is 0.491. The van der Waals surface area contributed by atoms with Gasteiger partial charge in [0.15, 0.2) is 0 Å². The zero-order valence-corrected chi connectivity index (χ0v) is 11.5. The Morgan fingerprint density at radius 2 is 2.06 bits per heavy atom. The van der Waals surface area contributed by atoms with E-state index >= 15 is 0 Å². The Balaban J connectivity index is 1.93. The Morgan fingerprint density at radius 1 is 1.28 bits per heavy atom. The van der Waals surface area contributed by atoms with Gasteiger partial charge in [0.05, 0.1) is 0 Å². The molecule has 2 nitrogen and oxygen atoms in total. The van der Waals surface area contributed by atoms with Gasteiger partial charge < -0.3 is 0 Å². The van der Waals surface area contributed by atoms with Crippen LogP contribution in [0.15, 0.2) is 24.3 Å². The van der Waals surface area contributed by atoms with Crippen molar-refractivity contribution in [1.82, 2.24) is 5.43 Å². The number of hydrogen-bond acceptors (Lipinski definition) is 2. The molecule has 1 aliphatic carbocycles. The van der Waals surface area contributed by atoms with E-state index < -0.39 is 0 Å². The van der Waals surface area contributed by atoms with Crippen molar-refractivity contribution in [3.63, 3.8) is 0 Å². The monoisotopic (exact) mass is 246 g/mol. The summed E-state index contributed by atoms with van der Waals surface area (Å²) in [6.45, 7) is 2.25. The fourth-order valence-electron chi connectivity index (χ4n) is 3.14. The maximum atomic E-state index is 5.76. The summed E-state index contributed by atoms with van der Waals surface area (Å²) in [5, 5.41) is 0. The van der Waals surface area contributed by atoms with Gasteiger partial charge in [0, 0.05) is 6.04 Å². The van der Waals surface area contributed by atoms with Crippen molar-refractivity contribution in [2.24, 2.45) is 11.8 Å². The van der Waals surface area contributed by atoms with Gasteiger partial charge in [-0.3, -0.25) is 11.3 Å². The molecule has 0 spiro atoms. The number of nitrogens with two attached hydrogens (primary N) is 1. The van der Waals surface area contributed by atoms with Crippen LogP contribution in [0, 0.1) is 5.92 Å². The van der Waals surface area contributed by atoms with Crippen LogP contribution < -0.4 is 11.3 Å². The summed E-state index contributed by atoms with van der Waals surface area (Å²) in [5.41, 5.74) is 6.13. The van der Waals surface area contributed by atoms with Crippen LogP contribution in [0.2, 0.25) is 0 Å². The number of benzene rings is 1. The Hall–Kier alpha value is -0.860. The summed E-state index contributed by atoms with van der Waals surface area (Å²) in [6, 6.07) is 9.35. The Labute approximate surface area is 111 Å². The Bertz CT molecular complexity index is 362. The van der Waals surface area contributed by atoms with E-state index in [9.17, 15) is 0 Å². The molecular formula is C16H26N2. The molecule has 0 radical (unpaired) electrons. The van der Waals surface area contributed by atoms with Gasteiger partial charge in [-0.1, -0.05) is 50.5 Å². The van der Waals surface area contributed by atoms with Gasteiger partial charge in [-0.05, 0) is 42.7 Å². The second kappa shape index (κ2) is 6.91. The minimum Gasteiger partial charge on any atom is -0.271 e. The molecule has 1 aliphatic rings. The normalized spacial score (nSPS) is 20.4. The van der Waals surface area contributed by atoms with Crippen molar-refractivity contribution in [1.29, 1.82) is 0 Å². The van der Waals surface area contributed by atoms with Crippen LogP contribution in [0.25, 0.3) is 0 Å². The lowest BCUT2D eigenvalue weighted by Gasteiger charge is -2.31. The molecule has 2 rings (SSSR count). The predicted molar refractivity (Wildman–Crippen MR) is 77.2 cm³/mol. The number of nitrogens with one attached hydrogen (secondary N) is 1. The molecule has 18 heavy (non-hydrogen) atoms. The second-order valence-corrected chi connectivity index (χ2v) is 5.54. The molecule has 3 N–H and O–H groups in total. The molecule has 1 aromatic carbocycles. The lowest BCUT2D eigenvalue weighted by Crippen LogP contribution is -2.42. The molecule has 0 bridgehead atoms. The van der Waals surface area contributed by atoms with Crippen LogP contribution in [0.4, 0.5) is 0 Å². The van der Waals surface area contributed by atoms with E-state index in [1.807, 2.05) is 0 Å². The first-order chi connectivity index (χ1) is 8.85. The molecule has 2 unspecified atom stereocenters. The molecule has 2 atom stereocenters. The quantitative estimate of drug-likeness (QED) is 0.459. The highest BCUT2D eigenvalue weighted by Gasteiger charge is 2.24. The number of aryl methyl sites for hydroxylation is 1. The van der Waals surface area contributed by atoms with Crippen molar-refractivity contribution >= 4 is 0 Å². The standard InChI is InChI=1S/C16H26N2/c1-2-3-4-9-16(18-17)15-11-10-13-7-5-6-8-14(13)12-15/h5-8,15-16,18H,2-4,9-12,17H2,1H3. The zero-order chi connectivity index (χ0) is 12.8. The Kier molecular flexibility index (Phi) is 5.21. The van der Waals surface area contributed by atoms with Gasteiger partial charge >= 0.3 is 0 Å². The van der Waals surface area contributed by atoms with Gasteiger partial charge in [-0.2, -0.15) is 0 Å². The summed E-state index contributed by atoms with van der Waals surface area (Å²) in [7, 11) is 0. The summed E-state index contributed by atoms with van der Waals surface area (Å²) < 4.78 is 0. The molecule has 1 aromatic rings. The molecule has 0 saturated heterocycles. The van der Waals surface area contributed by atoms with Gasteiger partial charge in [0.1, 0.15) is 0 Å². The number of rotatable bonds is 6. The van der Waals surface area contributed by atoms with Gasteiger partial charge in [0.25, 0.3) is 0 Å². The van der Waals surface area contributed by atoms with Crippen molar-refractivity contribution in [3.8, 4) is 0 Å². The summed E-state index contributed by atoms with van der Waals surface area (Å²) in [5.74, 6) is 6.47. The summed E-state index contributed by atoms with van der Waals surface area (Å²) in [6.07, 6.45) is 8.80. The molecule has 100 valence electrons. The topological polar surface area (TPSA) is 38.0 Å². The number of hydrazine groups is 1. The predicted octanol–water partition coefficient (Wildman–Crippen LogP) is 3.20. The lowest BCUT2D eigenvalue weighted by atomic mass is 9.79. The van der Waals surface area contributed by atoms with Crippen LogP contribution in [0.5, 0.6) is 0 Å². The second-order valence-electron chi connectivity index (χ2n) is 5.54. The largest absolute Gasteiger partial charge is 0.271 e. The third kappa shape index (κ3) is 3.33. The minimum atomic E-state index is 0.491. The molecular weight excluding hydrogens is 220 g/mol.